The molecular formula is C19H18N4O3S2. The maximum atomic E-state index is 12.9. The number of carbonyl (C=O) groups is 1. The second kappa shape index (κ2) is 8.77. The van der Waals surface area contributed by atoms with E-state index in [4.69, 9.17) is 0 Å². The summed E-state index contributed by atoms with van der Waals surface area (Å²) in [6.07, 6.45) is 3.01. The van der Waals surface area contributed by atoms with E-state index in [9.17, 15) is 13.2 Å². The molecule has 0 radical (unpaired) electrons. The fraction of sp³-hybridized carbons (Fsp3) is 0.105. The van der Waals surface area contributed by atoms with Gasteiger partial charge in [-0.15, -0.1) is 10.2 Å². The number of sulfonamides is 1. The lowest BCUT2D eigenvalue weighted by Crippen LogP contribution is -2.30. The Morgan fingerprint density at radius 2 is 1.71 bits per heavy atom. The standard InChI is InChI=1S/C19H18N4O3S2/c1-2-23(16-11-7-4-8-12-16)28(25,26)19-22-21-18(27-19)20-17(24)14-13-15-9-5-3-6-10-15/h3-14H,2H2,1H3,(H,20,21,24). The molecule has 1 N–H and O–H groups in total. The van der Waals surface area contributed by atoms with Crippen molar-refractivity contribution in [3.63, 3.8) is 0 Å². The van der Waals surface area contributed by atoms with Crippen LogP contribution in [0.4, 0.5) is 10.8 Å². The number of nitrogens with zero attached hydrogens (tertiary/aromatic N) is 3. The number of hydrogen-bond acceptors (Lipinski definition) is 6. The molecular weight excluding hydrogens is 396 g/mol. The summed E-state index contributed by atoms with van der Waals surface area (Å²) in [7, 11) is -3.87. The van der Waals surface area contributed by atoms with E-state index in [2.05, 4.69) is 15.5 Å². The van der Waals surface area contributed by atoms with Gasteiger partial charge in [0.05, 0.1) is 5.69 Å². The maximum absolute atomic E-state index is 12.9. The summed E-state index contributed by atoms with van der Waals surface area (Å²) in [6.45, 7) is 1.98. The number of hydrogen-bond donors (Lipinski definition) is 1. The molecule has 9 heteroatoms. The molecule has 1 amide bonds. The zero-order chi connectivity index (χ0) is 20.0. The highest BCUT2D eigenvalue weighted by atomic mass is 32.2. The van der Waals surface area contributed by atoms with Crippen molar-refractivity contribution in [1.29, 1.82) is 0 Å². The Morgan fingerprint density at radius 1 is 1.07 bits per heavy atom. The average molecular weight is 415 g/mol. The number of para-hydroxylation sites is 1. The predicted octanol–water partition coefficient (Wildman–Crippen LogP) is 3.41. The number of benzene rings is 2. The fourth-order valence-corrected chi connectivity index (χ4v) is 4.91. The van der Waals surface area contributed by atoms with E-state index in [1.54, 1.807) is 37.3 Å². The van der Waals surface area contributed by atoms with Crippen molar-refractivity contribution in [3.8, 4) is 0 Å². The topological polar surface area (TPSA) is 92.3 Å². The first-order valence-corrected chi connectivity index (χ1v) is 10.7. The van der Waals surface area contributed by atoms with Crippen molar-refractivity contribution in [2.75, 3.05) is 16.2 Å². The molecule has 1 aromatic heterocycles. The summed E-state index contributed by atoms with van der Waals surface area (Å²) >= 11 is 0.811. The molecule has 0 saturated heterocycles. The average Bonchev–Trinajstić information content (AvgIpc) is 3.18. The van der Waals surface area contributed by atoms with Crippen molar-refractivity contribution in [3.05, 3.63) is 72.3 Å². The van der Waals surface area contributed by atoms with Gasteiger partial charge in [-0.3, -0.25) is 14.4 Å². The van der Waals surface area contributed by atoms with Crippen LogP contribution in [0.1, 0.15) is 12.5 Å². The molecule has 0 aliphatic rings. The fourth-order valence-electron chi connectivity index (χ4n) is 2.43. The highest BCUT2D eigenvalue weighted by Gasteiger charge is 2.28. The third-order valence-corrected chi connectivity index (χ3v) is 6.79. The smallest absolute Gasteiger partial charge is 0.293 e. The minimum atomic E-state index is -3.87. The highest BCUT2D eigenvalue weighted by molar-refractivity contribution is 7.94. The Kier molecular flexibility index (Phi) is 6.17. The van der Waals surface area contributed by atoms with Crippen LogP contribution in [0, 0.1) is 0 Å². The van der Waals surface area contributed by atoms with E-state index >= 15 is 0 Å². The molecule has 0 aliphatic heterocycles. The summed E-state index contributed by atoms with van der Waals surface area (Å²) in [5.74, 6) is -0.417. The normalized spacial score (nSPS) is 11.5. The van der Waals surface area contributed by atoms with Crippen LogP contribution in [-0.2, 0) is 14.8 Å². The lowest BCUT2D eigenvalue weighted by molar-refractivity contribution is -0.111. The van der Waals surface area contributed by atoms with Crippen molar-refractivity contribution >= 4 is 44.2 Å². The molecule has 0 atom stereocenters. The minimum Gasteiger partial charge on any atom is -0.297 e. The van der Waals surface area contributed by atoms with E-state index < -0.39 is 15.9 Å². The van der Waals surface area contributed by atoms with Crippen LogP contribution in [-0.4, -0.2) is 31.1 Å². The second-order valence-corrected chi connectivity index (χ2v) is 8.63. The van der Waals surface area contributed by atoms with E-state index in [0.717, 1.165) is 16.9 Å². The number of carbonyl (C=O) groups excluding carboxylic acids is 1. The summed E-state index contributed by atoms with van der Waals surface area (Å²) in [4.78, 5) is 12.0. The van der Waals surface area contributed by atoms with Gasteiger partial charge >= 0.3 is 0 Å². The Labute approximate surface area is 167 Å². The monoisotopic (exact) mass is 414 g/mol. The Bertz CT molecular complexity index is 1060. The molecule has 28 heavy (non-hydrogen) atoms. The molecule has 144 valence electrons. The van der Waals surface area contributed by atoms with Gasteiger partial charge in [0.2, 0.25) is 11.0 Å². The summed E-state index contributed by atoms with van der Waals surface area (Å²) in [5, 5.41) is 10.2. The molecule has 0 spiro atoms. The molecule has 7 nitrogen and oxygen atoms in total. The van der Waals surface area contributed by atoms with E-state index in [1.807, 2.05) is 36.4 Å². The number of nitrogens with one attached hydrogen (secondary N) is 1. The Hall–Kier alpha value is -3.04. The third kappa shape index (κ3) is 4.62. The van der Waals surface area contributed by atoms with Crippen molar-refractivity contribution in [2.45, 2.75) is 11.3 Å². The SMILES string of the molecule is CCN(c1ccccc1)S(=O)(=O)c1nnc(NC(=O)C=Cc2ccccc2)s1. The van der Waals surface area contributed by atoms with E-state index in [-0.39, 0.29) is 16.0 Å². The molecule has 3 rings (SSSR count). The number of rotatable bonds is 7. The van der Waals surface area contributed by atoms with E-state index in [0.29, 0.717) is 5.69 Å². The quantitative estimate of drug-likeness (QED) is 0.472. The Balaban J connectivity index is 1.74. The Morgan fingerprint density at radius 3 is 2.36 bits per heavy atom. The maximum Gasteiger partial charge on any atom is 0.293 e. The molecule has 0 saturated carbocycles. The van der Waals surface area contributed by atoms with Gasteiger partial charge in [-0.1, -0.05) is 59.9 Å². The van der Waals surface area contributed by atoms with Crippen LogP contribution < -0.4 is 9.62 Å². The molecule has 1 heterocycles. The van der Waals surface area contributed by atoms with Crippen LogP contribution >= 0.6 is 11.3 Å². The first kappa shape index (κ1) is 19.7. The molecule has 0 aliphatic carbocycles. The van der Waals surface area contributed by atoms with Crippen molar-refractivity contribution < 1.29 is 13.2 Å². The van der Waals surface area contributed by atoms with Crippen LogP contribution in [0.15, 0.2) is 71.1 Å². The van der Waals surface area contributed by atoms with Gasteiger partial charge in [-0.2, -0.15) is 8.42 Å². The first-order chi connectivity index (χ1) is 13.5. The number of aromatic nitrogens is 2. The van der Waals surface area contributed by atoms with E-state index in [1.165, 1.54) is 10.4 Å². The zero-order valence-corrected chi connectivity index (χ0v) is 16.7. The number of anilines is 2. The van der Waals surface area contributed by atoms with Gasteiger partial charge in [0, 0.05) is 12.6 Å². The predicted molar refractivity (Wildman–Crippen MR) is 111 cm³/mol. The summed E-state index contributed by atoms with van der Waals surface area (Å²) in [6, 6.07) is 18.1. The molecule has 0 bridgehead atoms. The van der Waals surface area contributed by atoms with Gasteiger partial charge in [0.25, 0.3) is 14.4 Å². The highest BCUT2D eigenvalue weighted by Crippen LogP contribution is 2.27. The van der Waals surface area contributed by atoms with Crippen LogP contribution in [0.3, 0.4) is 0 Å². The van der Waals surface area contributed by atoms with Gasteiger partial charge in [0.15, 0.2) is 0 Å². The largest absolute Gasteiger partial charge is 0.297 e. The van der Waals surface area contributed by atoms with Crippen molar-refractivity contribution in [2.24, 2.45) is 0 Å². The lowest BCUT2D eigenvalue weighted by atomic mass is 10.2. The summed E-state index contributed by atoms with van der Waals surface area (Å²) in [5.41, 5.74) is 1.41. The number of amides is 1. The van der Waals surface area contributed by atoms with Crippen LogP contribution in [0.25, 0.3) is 6.08 Å². The van der Waals surface area contributed by atoms with Crippen molar-refractivity contribution in [1.82, 2.24) is 10.2 Å². The van der Waals surface area contributed by atoms with Gasteiger partial charge in [0.1, 0.15) is 0 Å². The molecule has 2 aromatic carbocycles. The lowest BCUT2D eigenvalue weighted by Gasteiger charge is -2.20. The minimum absolute atomic E-state index is 0.116. The molecule has 0 fully saturated rings. The van der Waals surface area contributed by atoms with Gasteiger partial charge < -0.3 is 0 Å². The molecule has 3 aromatic rings. The van der Waals surface area contributed by atoms with Gasteiger partial charge in [-0.25, -0.2) is 0 Å². The van der Waals surface area contributed by atoms with Crippen LogP contribution in [0.5, 0.6) is 0 Å². The van der Waals surface area contributed by atoms with Crippen LogP contribution in [0.2, 0.25) is 0 Å². The first-order valence-electron chi connectivity index (χ1n) is 8.46. The van der Waals surface area contributed by atoms with Gasteiger partial charge in [-0.05, 0) is 30.7 Å². The molecule has 0 unspecified atom stereocenters. The second-order valence-electron chi connectivity index (χ2n) is 5.61. The zero-order valence-electron chi connectivity index (χ0n) is 15.0. The summed E-state index contributed by atoms with van der Waals surface area (Å²) < 4.78 is 26.8. The third-order valence-electron chi connectivity index (χ3n) is 3.71.